The number of nitrogens with zero attached hydrogens (tertiary/aromatic N) is 2. The molecule has 6 heteroatoms. The molecular formula is C15H23N3O2S. The molecule has 0 amide bonds. The van der Waals surface area contributed by atoms with E-state index in [4.69, 9.17) is 4.74 Å². The molecule has 0 aliphatic carbocycles. The standard InChI is InChI=1S/C15H23N3O2S/c1-5-11(3)9-16-14-12(7-8-13(19)20-6-2)10-17-15(18-14)21-4/h7-8,10-11H,5-6,9H2,1-4H3,(H,16,17,18)/b8-7+. The van der Waals surface area contributed by atoms with Crippen molar-refractivity contribution >= 4 is 29.6 Å². The quantitative estimate of drug-likeness (QED) is 0.344. The van der Waals surface area contributed by atoms with Crippen molar-refractivity contribution in [3.63, 3.8) is 0 Å². The van der Waals surface area contributed by atoms with E-state index in [-0.39, 0.29) is 5.97 Å². The molecule has 116 valence electrons. The van der Waals surface area contributed by atoms with Crippen LogP contribution in [-0.2, 0) is 9.53 Å². The summed E-state index contributed by atoms with van der Waals surface area (Å²) < 4.78 is 4.87. The molecule has 1 heterocycles. The van der Waals surface area contributed by atoms with Crippen molar-refractivity contribution in [2.45, 2.75) is 32.3 Å². The van der Waals surface area contributed by atoms with E-state index in [0.29, 0.717) is 17.7 Å². The van der Waals surface area contributed by atoms with E-state index in [0.717, 1.165) is 24.3 Å². The third-order valence-electron chi connectivity index (χ3n) is 2.98. The SMILES string of the molecule is CCOC(=O)/C=C/c1cnc(SC)nc1NCC(C)CC. The number of hydrogen-bond donors (Lipinski definition) is 1. The van der Waals surface area contributed by atoms with Crippen LogP contribution >= 0.6 is 11.8 Å². The van der Waals surface area contributed by atoms with Gasteiger partial charge in [0.15, 0.2) is 5.16 Å². The molecule has 5 nitrogen and oxygen atoms in total. The first-order valence-corrected chi connectivity index (χ1v) is 8.32. The van der Waals surface area contributed by atoms with Crippen molar-refractivity contribution in [2.75, 3.05) is 24.7 Å². The number of rotatable bonds is 8. The fourth-order valence-electron chi connectivity index (χ4n) is 1.50. The number of nitrogens with one attached hydrogen (secondary N) is 1. The Morgan fingerprint density at radius 2 is 2.29 bits per heavy atom. The summed E-state index contributed by atoms with van der Waals surface area (Å²) in [6.07, 6.45) is 7.83. The summed E-state index contributed by atoms with van der Waals surface area (Å²) in [5, 5.41) is 4.03. The highest BCUT2D eigenvalue weighted by Gasteiger charge is 2.07. The third-order valence-corrected chi connectivity index (χ3v) is 3.54. The molecule has 21 heavy (non-hydrogen) atoms. The normalized spacial score (nSPS) is 12.4. The third kappa shape index (κ3) is 6.16. The fraction of sp³-hybridized carbons (Fsp3) is 0.533. The van der Waals surface area contributed by atoms with Crippen LogP contribution in [0.3, 0.4) is 0 Å². The van der Waals surface area contributed by atoms with Gasteiger partial charge in [0.25, 0.3) is 0 Å². The molecule has 1 aromatic rings. The Labute approximate surface area is 130 Å². The number of hydrogen-bond acceptors (Lipinski definition) is 6. The summed E-state index contributed by atoms with van der Waals surface area (Å²) in [4.78, 5) is 20.1. The second-order valence-corrected chi connectivity index (χ2v) is 5.41. The van der Waals surface area contributed by atoms with Gasteiger partial charge in [-0.05, 0) is 25.2 Å². The maximum absolute atomic E-state index is 11.4. The van der Waals surface area contributed by atoms with Crippen LogP contribution in [0.15, 0.2) is 17.4 Å². The lowest BCUT2D eigenvalue weighted by Crippen LogP contribution is -2.13. The highest BCUT2D eigenvalue weighted by Crippen LogP contribution is 2.18. The first-order chi connectivity index (χ1) is 10.1. The number of ether oxygens (including phenoxy) is 1. The minimum Gasteiger partial charge on any atom is -0.463 e. The lowest BCUT2D eigenvalue weighted by Gasteiger charge is -2.13. The molecule has 1 unspecified atom stereocenters. The Balaban J connectivity index is 2.88. The smallest absolute Gasteiger partial charge is 0.330 e. The molecule has 0 spiro atoms. The van der Waals surface area contributed by atoms with E-state index in [1.807, 2.05) is 6.26 Å². The topological polar surface area (TPSA) is 64.1 Å². The minimum atomic E-state index is -0.362. The van der Waals surface area contributed by atoms with Crippen molar-refractivity contribution in [1.82, 2.24) is 9.97 Å². The zero-order valence-electron chi connectivity index (χ0n) is 13.0. The molecule has 0 aliphatic heterocycles. The average molecular weight is 309 g/mol. The molecule has 0 saturated heterocycles. The number of esters is 1. The number of carbonyl (C=O) groups excluding carboxylic acids is 1. The maximum atomic E-state index is 11.4. The largest absolute Gasteiger partial charge is 0.463 e. The molecule has 0 fully saturated rings. The minimum absolute atomic E-state index is 0.362. The van der Waals surface area contributed by atoms with Crippen LogP contribution in [0.25, 0.3) is 6.08 Å². The summed E-state index contributed by atoms with van der Waals surface area (Å²) in [5.74, 6) is 0.939. The molecule has 0 aromatic carbocycles. The van der Waals surface area contributed by atoms with Gasteiger partial charge in [-0.1, -0.05) is 32.0 Å². The van der Waals surface area contributed by atoms with E-state index < -0.39 is 0 Å². The van der Waals surface area contributed by atoms with Crippen LogP contribution in [0.2, 0.25) is 0 Å². The Morgan fingerprint density at radius 3 is 2.90 bits per heavy atom. The number of thioether (sulfide) groups is 1. The Kier molecular flexibility index (Phi) is 7.82. The summed E-state index contributed by atoms with van der Waals surface area (Å²) in [7, 11) is 0. The van der Waals surface area contributed by atoms with Gasteiger partial charge < -0.3 is 10.1 Å². The van der Waals surface area contributed by atoms with Gasteiger partial charge in [0.05, 0.1) is 6.61 Å². The van der Waals surface area contributed by atoms with Crippen molar-refractivity contribution in [1.29, 1.82) is 0 Å². The molecule has 1 N–H and O–H groups in total. The summed E-state index contributed by atoms with van der Waals surface area (Å²) >= 11 is 1.49. The van der Waals surface area contributed by atoms with Gasteiger partial charge in [0.2, 0.25) is 0 Å². The first-order valence-electron chi connectivity index (χ1n) is 7.10. The molecule has 0 aliphatic rings. The summed E-state index contributed by atoms with van der Waals surface area (Å²) in [5.41, 5.74) is 0.782. The maximum Gasteiger partial charge on any atom is 0.330 e. The van der Waals surface area contributed by atoms with Crippen molar-refractivity contribution < 1.29 is 9.53 Å². The van der Waals surface area contributed by atoms with Crippen LogP contribution in [0.1, 0.15) is 32.8 Å². The van der Waals surface area contributed by atoms with Gasteiger partial charge in [-0.2, -0.15) is 0 Å². The van der Waals surface area contributed by atoms with Gasteiger partial charge >= 0.3 is 5.97 Å². The highest BCUT2D eigenvalue weighted by atomic mass is 32.2. The Morgan fingerprint density at radius 1 is 1.52 bits per heavy atom. The van der Waals surface area contributed by atoms with Gasteiger partial charge in [-0.25, -0.2) is 14.8 Å². The van der Waals surface area contributed by atoms with Gasteiger partial charge in [-0.15, -0.1) is 0 Å². The molecular weight excluding hydrogens is 286 g/mol. The van der Waals surface area contributed by atoms with Crippen molar-refractivity contribution in [3.8, 4) is 0 Å². The Hall–Kier alpha value is -1.56. The van der Waals surface area contributed by atoms with Crippen LogP contribution in [0.4, 0.5) is 5.82 Å². The number of carbonyl (C=O) groups is 1. The lowest BCUT2D eigenvalue weighted by atomic mass is 10.1. The van der Waals surface area contributed by atoms with Crippen molar-refractivity contribution in [3.05, 3.63) is 17.8 Å². The summed E-state index contributed by atoms with van der Waals surface area (Å²) in [6.45, 7) is 7.31. The second kappa shape index (κ2) is 9.39. The van der Waals surface area contributed by atoms with Crippen molar-refractivity contribution in [2.24, 2.45) is 5.92 Å². The molecule has 0 saturated carbocycles. The van der Waals surface area contributed by atoms with Gasteiger partial charge in [0.1, 0.15) is 5.82 Å². The number of anilines is 1. The van der Waals surface area contributed by atoms with Crippen LogP contribution in [0.5, 0.6) is 0 Å². The highest BCUT2D eigenvalue weighted by molar-refractivity contribution is 7.98. The van der Waals surface area contributed by atoms with Crippen LogP contribution < -0.4 is 5.32 Å². The van der Waals surface area contributed by atoms with Crippen LogP contribution in [-0.4, -0.2) is 35.3 Å². The van der Waals surface area contributed by atoms with E-state index in [9.17, 15) is 4.79 Å². The van der Waals surface area contributed by atoms with E-state index in [1.54, 1.807) is 19.2 Å². The average Bonchev–Trinajstić information content (AvgIpc) is 2.51. The molecule has 0 bridgehead atoms. The fourth-order valence-corrected chi connectivity index (χ4v) is 1.84. The Bertz CT molecular complexity index is 492. The molecule has 0 radical (unpaired) electrons. The molecule has 1 aromatic heterocycles. The lowest BCUT2D eigenvalue weighted by molar-refractivity contribution is -0.137. The van der Waals surface area contributed by atoms with E-state index in [1.165, 1.54) is 17.8 Å². The van der Waals surface area contributed by atoms with E-state index in [2.05, 4.69) is 29.1 Å². The predicted molar refractivity (Wildman–Crippen MR) is 87.4 cm³/mol. The van der Waals surface area contributed by atoms with Gasteiger partial charge in [-0.3, -0.25) is 0 Å². The molecule has 1 atom stereocenters. The van der Waals surface area contributed by atoms with Crippen LogP contribution in [0, 0.1) is 5.92 Å². The zero-order chi connectivity index (χ0) is 15.7. The predicted octanol–water partition coefficient (Wildman–Crippen LogP) is 3.23. The zero-order valence-corrected chi connectivity index (χ0v) is 13.9. The number of aromatic nitrogens is 2. The van der Waals surface area contributed by atoms with E-state index >= 15 is 0 Å². The van der Waals surface area contributed by atoms with Gasteiger partial charge in [0, 0.05) is 24.4 Å². The first kappa shape index (κ1) is 17.5. The monoisotopic (exact) mass is 309 g/mol. The molecule has 1 rings (SSSR count). The summed E-state index contributed by atoms with van der Waals surface area (Å²) in [6, 6.07) is 0. The second-order valence-electron chi connectivity index (χ2n) is 4.64.